The Bertz CT molecular complexity index is 2710. The third kappa shape index (κ3) is 18.7. The topological polar surface area (TPSA) is 761 Å². The van der Waals surface area contributed by atoms with Crippen LogP contribution in [0.5, 0.6) is 0 Å². The van der Waals surface area contributed by atoms with Crippen LogP contribution in [0, 0.1) is 0 Å². The summed E-state index contributed by atoms with van der Waals surface area (Å²) in [6, 6.07) is -3.54. The maximum Gasteiger partial charge on any atom is 0.217 e. The molecular formula is C58H98N2O46. The first-order chi connectivity index (χ1) is 50.2. The van der Waals surface area contributed by atoms with E-state index in [1.807, 2.05) is 0 Å². The lowest BCUT2D eigenvalue weighted by atomic mass is 9.94. The van der Waals surface area contributed by atoms with Gasteiger partial charge in [-0.1, -0.05) is 0 Å². The van der Waals surface area contributed by atoms with Crippen LogP contribution in [-0.4, -0.2) is 485 Å². The first kappa shape index (κ1) is 87.2. The number of carbonyl (C=O) groups is 2. The van der Waals surface area contributed by atoms with Gasteiger partial charge in [-0.05, 0) is 0 Å². The van der Waals surface area contributed by atoms with Crippen LogP contribution in [0.4, 0.5) is 0 Å². The third-order valence-electron chi connectivity index (χ3n) is 19.5. The SMILES string of the molecule is CC(=O)N[C@@H]1[C@@H](O)[C@H](O[C@@H]2O[C@H](CO)[C@@H](O[C@@H]3O[C@H](CO[C@H]4O[C@H](CO[C@H]5O[C@H](CO)[C@@H](O)[C@H](O)[C@@H]5O[C@H]5O[C@H](CO)[C@@H](O)[C@H](O)[C@@H]5O)[C@@H](O)[C@H](O)[C@@H]4O)[C@@H](O)[C@H](O[C@H]4O[C@H](CO)[C@@H](O)[C@H](O)[C@@H]4O[C@H]4O[C@H](CO)[C@@H](O)[C@@H](O)[C@@H]4O[C@H]4O[C@H](CO)[C@@H](O)[C@H](O)[C@@H]4O)[C@@H]3O)[C@H](O)[C@H]2NC(C)=O)[C@@H](CO)O[C@H]1O. The molecule has 9 heterocycles. The predicted octanol–water partition coefficient (Wildman–Crippen LogP) is -20.3. The second kappa shape index (κ2) is 37.9. The zero-order valence-electron chi connectivity index (χ0n) is 56.2. The van der Waals surface area contributed by atoms with Crippen molar-refractivity contribution >= 4 is 11.8 Å². The number of rotatable bonds is 27. The van der Waals surface area contributed by atoms with Gasteiger partial charge in [0.25, 0.3) is 0 Å². The van der Waals surface area contributed by atoms with Crippen molar-refractivity contribution in [3.8, 4) is 0 Å². The summed E-state index contributed by atoms with van der Waals surface area (Å²) in [6.45, 7) is -7.60. The maximum absolute atomic E-state index is 12.9. The molecule has 45 atom stereocenters. The summed E-state index contributed by atoms with van der Waals surface area (Å²) in [6.07, 6.45) is -89.8. The molecule has 0 saturated carbocycles. The van der Waals surface area contributed by atoms with E-state index in [0.29, 0.717) is 0 Å². The molecule has 9 fully saturated rings. The molecule has 0 bridgehead atoms. The van der Waals surface area contributed by atoms with Crippen LogP contribution in [0.2, 0.25) is 0 Å². The molecule has 106 heavy (non-hydrogen) atoms. The Morgan fingerprint density at radius 1 is 0.245 bits per heavy atom. The molecule has 9 saturated heterocycles. The second-order valence-corrected chi connectivity index (χ2v) is 26.7. The van der Waals surface area contributed by atoms with Crippen LogP contribution in [0.25, 0.3) is 0 Å². The van der Waals surface area contributed by atoms with E-state index >= 15 is 0 Å². The van der Waals surface area contributed by atoms with E-state index < -0.39 is 348 Å². The fourth-order valence-corrected chi connectivity index (χ4v) is 13.5. The highest BCUT2D eigenvalue weighted by Crippen LogP contribution is 2.39. The smallest absolute Gasteiger partial charge is 0.217 e. The van der Waals surface area contributed by atoms with Crippen LogP contribution in [0.3, 0.4) is 0 Å². The first-order valence-corrected chi connectivity index (χ1v) is 33.7. The van der Waals surface area contributed by atoms with Crippen LogP contribution < -0.4 is 10.6 Å². The molecule has 0 aromatic rings. The summed E-state index contributed by atoms with van der Waals surface area (Å²) in [7, 11) is 0. The van der Waals surface area contributed by atoms with E-state index in [2.05, 4.69) is 10.6 Å². The minimum atomic E-state index is -2.55. The fraction of sp³-hybridized carbons (Fsp3) is 0.966. The van der Waals surface area contributed by atoms with Gasteiger partial charge >= 0.3 is 0 Å². The van der Waals surface area contributed by atoms with E-state index in [-0.39, 0.29) is 0 Å². The monoisotopic (exact) mass is 1560 g/mol. The Morgan fingerprint density at radius 3 is 0.953 bits per heavy atom. The lowest BCUT2D eigenvalue weighted by molar-refractivity contribution is -0.407. The zero-order valence-corrected chi connectivity index (χ0v) is 56.2. The van der Waals surface area contributed by atoms with E-state index in [4.69, 9.17) is 80.5 Å². The Morgan fingerprint density at radius 2 is 0.519 bits per heavy atom. The van der Waals surface area contributed by atoms with E-state index in [0.717, 1.165) is 13.8 Å². The van der Waals surface area contributed by atoms with Gasteiger partial charge in [-0.3, -0.25) is 9.59 Å². The third-order valence-corrected chi connectivity index (χ3v) is 19.5. The summed E-state index contributed by atoms with van der Waals surface area (Å²) < 4.78 is 98.7. The number of aliphatic hydroxyl groups is 27. The van der Waals surface area contributed by atoms with Crippen LogP contribution in [-0.2, 0) is 90.1 Å². The summed E-state index contributed by atoms with van der Waals surface area (Å²) in [5.41, 5.74) is 0. The molecular weight excluding hydrogens is 1460 g/mol. The summed E-state index contributed by atoms with van der Waals surface area (Å²) in [5.74, 6) is -1.72. The Labute approximate surface area is 598 Å². The lowest BCUT2D eigenvalue weighted by Crippen LogP contribution is -2.70. The molecule has 0 spiro atoms. The number of amides is 2. The van der Waals surface area contributed by atoms with E-state index in [1.165, 1.54) is 0 Å². The highest BCUT2D eigenvalue weighted by atomic mass is 16.8. The van der Waals surface area contributed by atoms with Crippen molar-refractivity contribution < 1.29 is 228 Å². The number of carbonyl (C=O) groups excluding carboxylic acids is 2. The average molecular weight is 1560 g/mol. The lowest BCUT2D eigenvalue weighted by Gasteiger charge is -2.51. The highest BCUT2D eigenvalue weighted by Gasteiger charge is 2.60. The summed E-state index contributed by atoms with van der Waals surface area (Å²) in [5, 5.41) is 300. The fourth-order valence-electron chi connectivity index (χ4n) is 13.5. The minimum absolute atomic E-state index is 0.782. The molecule has 29 N–H and O–H groups in total. The van der Waals surface area contributed by atoms with Crippen molar-refractivity contribution in [3.05, 3.63) is 0 Å². The van der Waals surface area contributed by atoms with Gasteiger partial charge in [-0.25, -0.2) is 0 Å². The molecule has 616 valence electrons. The minimum Gasteiger partial charge on any atom is -0.394 e. The predicted molar refractivity (Wildman–Crippen MR) is 320 cm³/mol. The molecule has 0 radical (unpaired) electrons. The average Bonchev–Trinajstić information content (AvgIpc) is 0.771. The normalized spacial score (nSPS) is 51.2. The van der Waals surface area contributed by atoms with Gasteiger partial charge in [-0.15, -0.1) is 0 Å². The second-order valence-electron chi connectivity index (χ2n) is 26.7. The van der Waals surface area contributed by atoms with Gasteiger partial charge in [0, 0.05) is 13.8 Å². The first-order valence-electron chi connectivity index (χ1n) is 33.7. The molecule has 0 unspecified atom stereocenters. The molecule has 9 rings (SSSR count). The molecule has 9 aliphatic rings. The van der Waals surface area contributed by atoms with Crippen molar-refractivity contribution in [3.63, 3.8) is 0 Å². The van der Waals surface area contributed by atoms with E-state index in [9.17, 15) is 147 Å². The standard InChI is InChI=1S/C58H98N2O46/c1-12(68)59-23-32(77)44(19(8-66)92-50(23)89)101-51-24(60-13(2)69)33(78)45(20(9-67)98-51)102-55-43(88)46(103-57-49(39(84)29(74)17(6-64)96-57)106-58-48(38(83)28(73)18(7-65)97-58)105-54-42(87)35(80)26(71)15(4-62)94-54)31(76)22(100-55)11-90-52-40(85)36(81)30(75)21(99-52)10-91-56-47(37(82)27(72)16(5-63)95-56)104-53-41(86)34(79)25(70)14(3-61)93-53/h14-58,61-67,70-89H,3-11H2,1-2H3,(H,59,68)(H,60,69)/t14-,15-,16-,17-,18-,19-,20-,21-,22-,23-,24-,25-,26-,27-,28-,29-,30-,31-,32-,33-,34+,35+,36+,37+,38-,39+,40+,41+,42+,43+,44-,45-,46+,47+,48+,49+,50-,51+,52+,53-,54-,55+,56+,57-,58-/m1/s1. The Kier molecular flexibility index (Phi) is 31.1. The van der Waals surface area contributed by atoms with Crippen molar-refractivity contribution in [2.45, 2.75) is 290 Å². The van der Waals surface area contributed by atoms with Crippen molar-refractivity contribution in [1.82, 2.24) is 10.6 Å². The van der Waals surface area contributed by atoms with Crippen molar-refractivity contribution in [1.29, 1.82) is 0 Å². The number of ether oxygens (including phenoxy) is 17. The molecule has 2 amide bonds. The molecule has 48 nitrogen and oxygen atoms in total. The Balaban J connectivity index is 1.01. The number of hydrogen-bond donors (Lipinski definition) is 29. The number of hydrogen-bond acceptors (Lipinski definition) is 46. The molecule has 0 aromatic carbocycles. The Hall–Kier alpha value is -2.82. The van der Waals surface area contributed by atoms with Gasteiger partial charge in [0.05, 0.1) is 59.5 Å². The van der Waals surface area contributed by atoms with Crippen molar-refractivity contribution in [2.75, 3.05) is 59.5 Å². The van der Waals surface area contributed by atoms with E-state index in [1.54, 1.807) is 0 Å². The van der Waals surface area contributed by atoms with Gasteiger partial charge < -0.3 is 229 Å². The largest absolute Gasteiger partial charge is 0.394 e. The highest BCUT2D eigenvalue weighted by molar-refractivity contribution is 5.73. The molecule has 9 aliphatic heterocycles. The molecule has 0 aliphatic carbocycles. The van der Waals surface area contributed by atoms with Gasteiger partial charge in [0.15, 0.2) is 56.6 Å². The molecule has 0 aromatic heterocycles. The maximum atomic E-state index is 12.9. The van der Waals surface area contributed by atoms with Gasteiger partial charge in [-0.2, -0.15) is 0 Å². The quantitative estimate of drug-likeness (QED) is 0.0363. The van der Waals surface area contributed by atoms with Crippen LogP contribution in [0.1, 0.15) is 13.8 Å². The summed E-state index contributed by atoms with van der Waals surface area (Å²) in [4.78, 5) is 25.0. The van der Waals surface area contributed by atoms with Gasteiger partial charge in [0.2, 0.25) is 11.8 Å². The number of aliphatic hydroxyl groups excluding tert-OH is 27. The number of nitrogens with one attached hydrogen (secondary N) is 2. The van der Waals surface area contributed by atoms with Crippen molar-refractivity contribution in [2.24, 2.45) is 0 Å². The van der Waals surface area contributed by atoms with Gasteiger partial charge in [0.1, 0.15) is 220 Å². The van der Waals surface area contributed by atoms with Crippen LogP contribution >= 0.6 is 0 Å². The summed E-state index contributed by atoms with van der Waals surface area (Å²) >= 11 is 0. The van der Waals surface area contributed by atoms with Crippen LogP contribution in [0.15, 0.2) is 0 Å². The zero-order chi connectivity index (χ0) is 77.9. The molecule has 48 heteroatoms.